The fourth-order valence-electron chi connectivity index (χ4n) is 1.44. The number of aliphatic hydroxyl groups excluding tert-OH is 1. The van der Waals surface area contributed by atoms with E-state index >= 15 is 0 Å². The van der Waals surface area contributed by atoms with Crippen molar-refractivity contribution in [3.05, 3.63) is 28.0 Å². The van der Waals surface area contributed by atoms with Gasteiger partial charge in [-0.2, -0.15) is 0 Å². The first-order valence-electron chi connectivity index (χ1n) is 5.68. The van der Waals surface area contributed by atoms with Gasteiger partial charge in [0, 0.05) is 6.61 Å². The summed E-state index contributed by atoms with van der Waals surface area (Å²) in [6.07, 6.45) is 1.92. The van der Waals surface area contributed by atoms with Gasteiger partial charge in [-0.25, -0.2) is 0 Å². The van der Waals surface area contributed by atoms with E-state index in [9.17, 15) is 10.1 Å². The van der Waals surface area contributed by atoms with Crippen molar-refractivity contribution in [2.45, 2.75) is 26.3 Å². The van der Waals surface area contributed by atoms with Gasteiger partial charge in [-0.1, -0.05) is 6.92 Å². The largest absolute Gasteiger partial charge is 0.433 e. The minimum atomic E-state index is -0.549. The van der Waals surface area contributed by atoms with E-state index in [-0.39, 0.29) is 12.5 Å². The summed E-state index contributed by atoms with van der Waals surface area (Å²) in [5, 5.41) is 22.3. The lowest BCUT2D eigenvalue weighted by atomic mass is 10.1. The number of nitrogens with one attached hydrogen (secondary N) is 1. The van der Waals surface area contributed by atoms with E-state index in [4.69, 9.17) is 9.52 Å². The van der Waals surface area contributed by atoms with Gasteiger partial charge >= 0.3 is 5.88 Å². The van der Waals surface area contributed by atoms with Crippen LogP contribution in [0.25, 0.3) is 0 Å². The molecule has 0 bridgehead atoms. The quantitative estimate of drug-likeness (QED) is 0.411. The lowest BCUT2D eigenvalue weighted by Gasteiger charge is -2.07. The SMILES string of the molecule is CC(CO)CCCNCc1ccc([N+](=O)[O-])o1. The van der Waals surface area contributed by atoms with Crippen molar-refractivity contribution in [1.82, 2.24) is 5.32 Å². The van der Waals surface area contributed by atoms with Crippen LogP contribution in [-0.4, -0.2) is 23.2 Å². The molecule has 0 aliphatic carbocycles. The Kier molecular flexibility index (Phi) is 5.65. The summed E-state index contributed by atoms with van der Waals surface area (Å²) in [7, 11) is 0. The Morgan fingerprint density at radius 2 is 2.35 bits per heavy atom. The monoisotopic (exact) mass is 242 g/mol. The third kappa shape index (κ3) is 4.97. The number of rotatable bonds is 8. The van der Waals surface area contributed by atoms with E-state index in [0.717, 1.165) is 19.4 Å². The summed E-state index contributed by atoms with van der Waals surface area (Å²) in [6.45, 7) is 3.50. The molecule has 0 saturated carbocycles. The molecule has 6 nitrogen and oxygen atoms in total. The van der Waals surface area contributed by atoms with E-state index in [1.165, 1.54) is 6.07 Å². The summed E-state index contributed by atoms with van der Waals surface area (Å²) in [5.41, 5.74) is 0. The number of nitrogens with zero attached hydrogens (tertiary/aromatic N) is 1. The molecule has 1 aromatic rings. The van der Waals surface area contributed by atoms with E-state index in [1.54, 1.807) is 6.07 Å². The van der Waals surface area contributed by atoms with Gasteiger partial charge in [-0.15, -0.1) is 0 Å². The van der Waals surface area contributed by atoms with E-state index in [1.807, 2.05) is 6.92 Å². The third-order valence-corrected chi connectivity index (χ3v) is 2.49. The second-order valence-electron chi connectivity index (χ2n) is 4.10. The molecule has 0 fully saturated rings. The molecular formula is C11H18N2O4. The Hall–Kier alpha value is -1.40. The molecule has 1 heterocycles. The second-order valence-corrected chi connectivity index (χ2v) is 4.10. The predicted molar refractivity (Wildman–Crippen MR) is 62.6 cm³/mol. The summed E-state index contributed by atoms with van der Waals surface area (Å²) in [5.74, 6) is 0.657. The lowest BCUT2D eigenvalue weighted by Crippen LogP contribution is -2.15. The molecule has 0 spiro atoms. The topological polar surface area (TPSA) is 88.5 Å². The van der Waals surface area contributed by atoms with Gasteiger partial charge in [0.25, 0.3) is 0 Å². The minimum Gasteiger partial charge on any atom is -0.404 e. The molecule has 0 saturated heterocycles. The maximum absolute atomic E-state index is 10.4. The number of furan rings is 1. The number of nitro groups is 1. The fraction of sp³-hybridized carbons (Fsp3) is 0.636. The molecule has 2 N–H and O–H groups in total. The minimum absolute atomic E-state index is 0.213. The van der Waals surface area contributed by atoms with Crippen molar-refractivity contribution in [1.29, 1.82) is 0 Å². The van der Waals surface area contributed by atoms with Crippen LogP contribution >= 0.6 is 0 Å². The van der Waals surface area contributed by atoms with Crippen LogP contribution in [0.5, 0.6) is 0 Å². The molecular weight excluding hydrogens is 224 g/mol. The normalized spacial score (nSPS) is 12.6. The molecule has 96 valence electrons. The van der Waals surface area contributed by atoms with Crippen LogP contribution in [0.4, 0.5) is 5.88 Å². The molecule has 1 atom stereocenters. The molecule has 0 aliphatic heterocycles. The molecule has 1 aromatic heterocycles. The van der Waals surface area contributed by atoms with Crippen molar-refractivity contribution >= 4 is 5.88 Å². The van der Waals surface area contributed by atoms with Crippen LogP contribution < -0.4 is 5.32 Å². The molecule has 0 aliphatic rings. The number of hydrogen-bond donors (Lipinski definition) is 2. The standard InChI is InChI=1S/C11H18N2O4/c1-9(8-14)3-2-6-12-7-10-4-5-11(17-10)13(15)16/h4-5,9,12,14H,2-3,6-8H2,1H3. The molecule has 6 heteroatoms. The zero-order valence-corrected chi connectivity index (χ0v) is 9.89. The molecule has 0 amide bonds. The Morgan fingerprint density at radius 3 is 2.94 bits per heavy atom. The van der Waals surface area contributed by atoms with Crippen molar-refractivity contribution in [2.75, 3.05) is 13.2 Å². The molecule has 0 aromatic carbocycles. The van der Waals surface area contributed by atoms with Gasteiger partial charge in [-0.3, -0.25) is 10.1 Å². The van der Waals surface area contributed by atoms with Gasteiger partial charge in [0.05, 0.1) is 12.6 Å². The number of aliphatic hydroxyl groups is 1. The zero-order valence-electron chi connectivity index (χ0n) is 9.89. The first-order valence-corrected chi connectivity index (χ1v) is 5.68. The van der Waals surface area contributed by atoms with Crippen LogP contribution in [0.15, 0.2) is 16.5 Å². The highest BCUT2D eigenvalue weighted by Crippen LogP contribution is 2.15. The van der Waals surface area contributed by atoms with Crippen LogP contribution in [0, 0.1) is 16.0 Å². The summed E-state index contributed by atoms with van der Waals surface area (Å²) in [6, 6.07) is 2.95. The smallest absolute Gasteiger partial charge is 0.404 e. The van der Waals surface area contributed by atoms with E-state index in [2.05, 4.69) is 5.32 Å². The molecule has 1 rings (SSSR count). The van der Waals surface area contributed by atoms with Crippen LogP contribution in [0.1, 0.15) is 25.5 Å². The number of hydrogen-bond acceptors (Lipinski definition) is 5. The van der Waals surface area contributed by atoms with E-state index in [0.29, 0.717) is 18.2 Å². The predicted octanol–water partition coefficient (Wildman–Crippen LogP) is 1.69. The zero-order chi connectivity index (χ0) is 12.7. The Balaban J connectivity index is 2.15. The van der Waals surface area contributed by atoms with Crippen LogP contribution in [0.2, 0.25) is 0 Å². The molecule has 0 radical (unpaired) electrons. The first kappa shape index (κ1) is 13.7. The second kappa shape index (κ2) is 7.03. The average Bonchev–Trinajstić information content (AvgIpc) is 2.77. The summed E-state index contributed by atoms with van der Waals surface area (Å²) < 4.78 is 4.99. The Morgan fingerprint density at radius 1 is 1.59 bits per heavy atom. The van der Waals surface area contributed by atoms with E-state index < -0.39 is 4.92 Å². The molecule has 1 unspecified atom stereocenters. The van der Waals surface area contributed by atoms with Crippen molar-refractivity contribution < 1.29 is 14.4 Å². The van der Waals surface area contributed by atoms with Gasteiger partial charge in [0.15, 0.2) is 0 Å². The van der Waals surface area contributed by atoms with Crippen molar-refractivity contribution in [3.8, 4) is 0 Å². The van der Waals surface area contributed by atoms with Gasteiger partial charge in [-0.05, 0) is 31.4 Å². The maximum atomic E-state index is 10.4. The van der Waals surface area contributed by atoms with Crippen molar-refractivity contribution in [3.63, 3.8) is 0 Å². The Labute approximate surface area is 99.8 Å². The first-order chi connectivity index (χ1) is 8.13. The van der Waals surface area contributed by atoms with Crippen molar-refractivity contribution in [2.24, 2.45) is 5.92 Å². The average molecular weight is 242 g/mol. The summed E-state index contributed by atoms with van der Waals surface area (Å²) in [4.78, 5) is 9.82. The van der Waals surface area contributed by atoms with Gasteiger partial charge < -0.3 is 14.8 Å². The fourth-order valence-corrected chi connectivity index (χ4v) is 1.44. The highest BCUT2D eigenvalue weighted by molar-refractivity contribution is 5.17. The highest BCUT2D eigenvalue weighted by Gasteiger charge is 2.10. The summed E-state index contributed by atoms with van der Waals surface area (Å²) >= 11 is 0. The maximum Gasteiger partial charge on any atom is 0.433 e. The molecule has 17 heavy (non-hydrogen) atoms. The van der Waals surface area contributed by atoms with Gasteiger partial charge in [0.1, 0.15) is 10.7 Å². The highest BCUT2D eigenvalue weighted by atomic mass is 16.6. The van der Waals surface area contributed by atoms with Gasteiger partial charge in [0.2, 0.25) is 0 Å². The third-order valence-electron chi connectivity index (χ3n) is 2.49. The van der Waals surface area contributed by atoms with Crippen LogP contribution in [-0.2, 0) is 6.54 Å². The Bertz CT molecular complexity index is 351. The lowest BCUT2D eigenvalue weighted by molar-refractivity contribution is -0.402. The van der Waals surface area contributed by atoms with Crippen LogP contribution in [0.3, 0.4) is 0 Å².